The Hall–Kier alpha value is -2.56. The number of ether oxygens (including phenoxy) is 2. The summed E-state index contributed by atoms with van der Waals surface area (Å²) >= 11 is 0. The fraction of sp³-hybridized carbons (Fsp3) is 0.467. The molecule has 1 unspecified atom stereocenters. The zero-order valence-corrected chi connectivity index (χ0v) is 20.4. The van der Waals surface area contributed by atoms with Gasteiger partial charge in [0.25, 0.3) is 0 Å². The summed E-state index contributed by atoms with van der Waals surface area (Å²) in [6.45, 7) is 2.10. The standard InChI is InChI=1S/C30H37NO3/c1-33-30(34-2)23-16-18-31(19-17-23)25-11-8-22(9-12-25)29-27(21-6-4-3-5-7-21)14-10-24-20-26(32)13-15-28(24)29/h3-8,11-13,15,20,22-23,27,29-30,32H,9-10,14,16-19H2,1-2H3/t22?,27-,29+/m1/s1. The summed E-state index contributed by atoms with van der Waals surface area (Å²) in [5.41, 5.74) is 5.52. The Morgan fingerprint density at radius 3 is 2.41 bits per heavy atom. The number of phenols is 1. The summed E-state index contributed by atoms with van der Waals surface area (Å²) in [5, 5.41) is 10.1. The topological polar surface area (TPSA) is 41.9 Å². The molecule has 1 fully saturated rings. The predicted molar refractivity (Wildman–Crippen MR) is 136 cm³/mol. The van der Waals surface area contributed by atoms with Crippen molar-refractivity contribution in [2.75, 3.05) is 27.3 Å². The zero-order valence-electron chi connectivity index (χ0n) is 20.4. The highest BCUT2D eigenvalue weighted by atomic mass is 16.7. The lowest BCUT2D eigenvalue weighted by atomic mass is 9.65. The Labute approximate surface area is 203 Å². The number of fused-ring (bicyclic) bond motifs is 1. The lowest BCUT2D eigenvalue weighted by Crippen LogP contribution is -2.38. The van der Waals surface area contributed by atoms with Crippen molar-refractivity contribution in [2.45, 2.75) is 50.2 Å². The molecule has 0 radical (unpaired) electrons. The summed E-state index contributed by atoms with van der Waals surface area (Å²) in [6.07, 6.45) is 12.6. The normalized spacial score (nSPS) is 25.3. The summed E-state index contributed by atoms with van der Waals surface area (Å²) < 4.78 is 11.0. The molecule has 2 aliphatic carbocycles. The molecule has 1 aliphatic heterocycles. The maximum absolute atomic E-state index is 10.1. The summed E-state index contributed by atoms with van der Waals surface area (Å²) in [4.78, 5) is 2.52. The van der Waals surface area contributed by atoms with Crippen molar-refractivity contribution in [1.82, 2.24) is 4.90 Å². The summed E-state index contributed by atoms with van der Waals surface area (Å²) in [7, 11) is 3.47. The van der Waals surface area contributed by atoms with Crippen molar-refractivity contribution >= 4 is 0 Å². The molecule has 34 heavy (non-hydrogen) atoms. The van der Waals surface area contributed by atoms with Crippen LogP contribution in [0.5, 0.6) is 5.75 Å². The molecule has 5 rings (SSSR count). The van der Waals surface area contributed by atoms with Crippen molar-refractivity contribution in [3.05, 3.63) is 89.1 Å². The Kier molecular flexibility index (Phi) is 7.07. The third-order valence-corrected chi connectivity index (χ3v) is 8.20. The molecule has 0 bridgehead atoms. The number of aryl methyl sites for hydroxylation is 1. The van der Waals surface area contributed by atoms with E-state index < -0.39 is 0 Å². The molecule has 2 aromatic rings. The van der Waals surface area contributed by atoms with Crippen LogP contribution in [-0.4, -0.2) is 43.6 Å². The monoisotopic (exact) mass is 459 g/mol. The molecular formula is C30H37NO3. The van der Waals surface area contributed by atoms with E-state index in [2.05, 4.69) is 59.5 Å². The van der Waals surface area contributed by atoms with E-state index in [0.717, 1.165) is 45.2 Å². The van der Waals surface area contributed by atoms with Crippen LogP contribution in [0.4, 0.5) is 0 Å². The second kappa shape index (κ2) is 10.4. The smallest absolute Gasteiger partial charge is 0.159 e. The molecule has 3 aliphatic rings. The highest BCUT2D eigenvalue weighted by molar-refractivity contribution is 5.44. The minimum atomic E-state index is -0.0943. The minimum absolute atomic E-state index is 0.0943. The fourth-order valence-corrected chi connectivity index (χ4v) is 6.48. The van der Waals surface area contributed by atoms with Gasteiger partial charge in [0.15, 0.2) is 6.29 Å². The van der Waals surface area contributed by atoms with Gasteiger partial charge in [0.2, 0.25) is 0 Å². The van der Waals surface area contributed by atoms with E-state index in [1.54, 1.807) is 14.2 Å². The number of hydrogen-bond donors (Lipinski definition) is 1. The number of rotatable bonds is 6. The van der Waals surface area contributed by atoms with Gasteiger partial charge >= 0.3 is 0 Å². The van der Waals surface area contributed by atoms with Crippen LogP contribution in [-0.2, 0) is 15.9 Å². The molecule has 0 aromatic heterocycles. The second-order valence-electron chi connectivity index (χ2n) is 10.0. The Morgan fingerprint density at radius 2 is 1.74 bits per heavy atom. The average Bonchev–Trinajstić information content (AvgIpc) is 2.90. The molecular weight excluding hydrogens is 422 g/mol. The number of piperidine rings is 1. The SMILES string of the molecule is COC(OC)C1CCN(C2=CCC([C@@H]3c4ccc(O)cc4CC[C@@H]3c3ccccc3)C=C2)CC1. The molecule has 2 aromatic carbocycles. The van der Waals surface area contributed by atoms with Gasteiger partial charge in [-0.1, -0.05) is 48.6 Å². The largest absolute Gasteiger partial charge is 0.508 e. The van der Waals surface area contributed by atoms with Gasteiger partial charge in [0, 0.05) is 38.9 Å². The molecule has 180 valence electrons. The van der Waals surface area contributed by atoms with E-state index >= 15 is 0 Å². The quantitative estimate of drug-likeness (QED) is 0.538. The van der Waals surface area contributed by atoms with Gasteiger partial charge in [-0.25, -0.2) is 0 Å². The number of likely N-dealkylation sites (tertiary alicyclic amines) is 1. The van der Waals surface area contributed by atoms with Crippen LogP contribution in [0.15, 0.2) is 72.5 Å². The first-order valence-electron chi connectivity index (χ1n) is 12.7. The van der Waals surface area contributed by atoms with Crippen LogP contribution >= 0.6 is 0 Å². The van der Waals surface area contributed by atoms with Gasteiger partial charge in [0.05, 0.1) is 0 Å². The third-order valence-electron chi connectivity index (χ3n) is 8.20. The number of methoxy groups -OCH3 is 2. The molecule has 3 atom stereocenters. The number of hydrogen-bond acceptors (Lipinski definition) is 4. The molecule has 4 nitrogen and oxygen atoms in total. The number of nitrogens with zero attached hydrogens (tertiary/aromatic N) is 1. The van der Waals surface area contributed by atoms with Gasteiger partial charge in [-0.05, 0) is 84.8 Å². The maximum Gasteiger partial charge on any atom is 0.159 e. The molecule has 1 N–H and O–H groups in total. The Balaban J connectivity index is 1.33. The van der Waals surface area contributed by atoms with E-state index in [9.17, 15) is 5.11 Å². The maximum atomic E-state index is 10.1. The van der Waals surface area contributed by atoms with E-state index in [1.165, 1.54) is 22.4 Å². The Morgan fingerprint density at radius 1 is 0.971 bits per heavy atom. The van der Waals surface area contributed by atoms with E-state index in [0.29, 0.717) is 29.4 Å². The van der Waals surface area contributed by atoms with Crippen molar-refractivity contribution in [3.63, 3.8) is 0 Å². The summed E-state index contributed by atoms with van der Waals surface area (Å²) in [6, 6.07) is 17.0. The number of benzene rings is 2. The van der Waals surface area contributed by atoms with E-state index in [4.69, 9.17) is 9.47 Å². The second-order valence-corrected chi connectivity index (χ2v) is 10.0. The van der Waals surface area contributed by atoms with Gasteiger partial charge in [-0.3, -0.25) is 0 Å². The molecule has 1 saturated heterocycles. The van der Waals surface area contributed by atoms with Gasteiger partial charge in [-0.2, -0.15) is 0 Å². The predicted octanol–water partition coefficient (Wildman–Crippen LogP) is 6.00. The van der Waals surface area contributed by atoms with Crippen LogP contribution < -0.4 is 0 Å². The fourth-order valence-electron chi connectivity index (χ4n) is 6.48. The molecule has 0 saturated carbocycles. The van der Waals surface area contributed by atoms with Crippen molar-refractivity contribution in [2.24, 2.45) is 11.8 Å². The first kappa shape index (κ1) is 23.2. The molecule has 1 heterocycles. The first-order chi connectivity index (χ1) is 16.7. The van der Waals surface area contributed by atoms with Gasteiger partial charge < -0.3 is 19.5 Å². The van der Waals surface area contributed by atoms with E-state index in [-0.39, 0.29) is 6.29 Å². The average molecular weight is 460 g/mol. The van der Waals surface area contributed by atoms with Crippen molar-refractivity contribution < 1.29 is 14.6 Å². The van der Waals surface area contributed by atoms with E-state index in [1.807, 2.05) is 12.1 Å². The zero-order chi connectivity index (χ0) is 23.5. The lowest BCUT2D eigenvalue weighted by molar-refractivity contribution is -0.145. The van der Waals surface area contributed by atoms with Crippen molar-refractivity contribution in [3.8, 4) is 5.75 Å². The van der Waals surface area contributed by atoms with Crippen LogP contribution in [0.2, 0.25) is 0 Å². The van der Waals surface area contributed by atoms with Crippen LogP contribution in [0, 0.1) is 11.8 Å². The highest BCUT2D eigenvalue weighted by Gasteiger charge is 2.36. The highest BCUT2D eigenvalue weighted by Crippen LogP contribution is 2.49. The van der Waals surface area contributed by atoms with Crippen LogP contribution in [0.3, 0.4) is 0 Å². The number of aromatic hydroxyl groups is 1. The van der Waals surface area contributed by atoms with Crippen molar-refractivity contribution in [1.29, 1.82) is 0 Å². The molecule has 0 spiro atoms. The lowest BCUT2D eigenvalue weighted by Gasteiger charge is -2.40. The summed E-state index contributed by atoms with van der Waals surface area (Å²) in [5.74, 6) is 2.23. The van der Waals surface area contributed by atoms with Crippen LogP contribution in [0.25, 0.3) is 0 Å². The van der Waals surface area contributed by atoms with Gasteiger partial charge in [-0.15, -0.1) is 0 Å². The number of phenolic OH excluding ortho intramolecular Hbond substituents is 1. The Bertz CT molecular complexity index is 1020. The molecule has 0 amide bonds. The minimum Gasteiger partial charge on any atom is -0.508 e. The van der Waals surface area contributed by atoms with Crippen LogP contribution in [0.1, 0.15) is 54.2 Å². The molecule has 4 heteroatoms. The number of allylic oxidation sites excluding steroid dienone is 3. The third kappa shape index (κ3) is 4.67. The van der Waals surface area contributed by atoms with Gasteiger partial charge in [0.1, 0.15) is 5.75 Å². The first-order valence-corrected chi connectivity index (χ1v) is 12.7.